The fourth-order valence-corrected chi connectivity index (χ4v) is 4.01. The predicted octanol–water partition coefficient (Wildman–Crippen LogP) is 2.65. The Bertz CT molecular complexity index is 1180. The molecule has 3 aromatic rings. The molecular weight excluding hydrogens is 444 g/mol. The van der Waals surface area contributed by atoms with Crippen LogP contribution in [0.5, 0.6) is 5.75 Å². The molecule has 0 aliphatic carbocycles. The van der Waals surface area contributed by atoms with Crippen molar-refractivity contribution >= 4 is 5.82 Å². The number of hydrogen-bond donors (Lipinski definition) is 2. The van der Waals surface area contributed by atoms with E-state index in [2.05, 4.69) is 21.3 Å². The third kappa shape index (κ3) is 6.31. The number of ether oxygens (including phenoxy) is 2. The number of aromatic nitrogens is 3. The summed E-state index contributed by atoms with van der Waals surface area (Å²) < 4.78 is 11.3. The van der Waals surface area contributed by atoms with Gasteiger partial charge in [-0.2, -0.15) is 5.26 Å². The standard InChI is InChI=1S/C26H30N6O3/c1-28-16-22(33)17-35-23-5-3-4-19(13-23)26-30-24(18-6-9-29-20(12-18)15-27)14-25(31-26)32(2)21-7-10-34-11-8-21/h3-6,9,12-14,21-22,28,33H,7-8,10-11,16-17H2,1-2H3. The predicted molar refractivity (Wildman–Crippen MR) is 133 cm³/mol. The Kier molecular flexibility index (Phi) is 8.21. The summed E-state index contributed by atoms with van der Waals surface area (Å²) in [6.45, 7) is 2.09. The lowest BCUT2D eigenvalue weighted by atomic mass is 10.1. The van der Waals surface area contributed by atoms with Gasteiger partial charge in [-0.1, -0.05) is 12.1 Å². The number of rotatable bonds is 9. The Balaban J connectivity index is 1.70. The molecule has 182 valence electrons. The topological polar surface area (TPSA) is 116 Å². The lowest BCUT2D eigenvalue weighted by Gasteiger charge is -2.32. The molecule has 3 heterocycles. The molecule has 9 heteroatoms. The summed E-state index contributed by atoms with van der Waals surface area (Å²) >= 11 is 0. The average molecular weight is 475 g/mol. The first-order chi connectivity index (χ1) is 17.1. The number of benzene rings is 1. The maximum Gasteiger partial charge on any atom is 0.162 e. The van der Waals surface area contributed by atoms with Gasteiger partial charge in [0.25, 0.3) is 0 Å². The summed E-state index contributed by atoms with van der Waals surface area (Å²) in [5.74, 6) is 1.97. The SMILES string of the molecule is CNCC(O)COc1cccc(-c2nc(-c3ccnc(C#N)c3)cc(N(C)C3CCOCC3)n2)c1. The van der Waals surface area contributed by atoms with Crippen LogP contribution < -0.4 is 15.0 Å². The Morgan fingerprint density at radius 3 is 2.80 bits per heavy atom. The first-order valence-electron chi connectivity index (χ1n) is 11.7. The molecule has 2 N–H and O–H groups in total. The third-order valence-electron chi connectivity index (χ3n) is 5.96. The van der Waals surface area contributed by atoms with Crippen molar-refractivity contribution in [3.05, 3.63) is 54.4 Å². The number of aliphatic hydroxyl groups is 1. The molecule has 9 nitrogen and oxygen atoms in total. The smallest absolute Gasteiger partial charge is 0.162 e. The fourth-order valence-electron chi connectivity index (χ4n) is 4.01. The van der Waals surface area contributed by atoms with E-state index >= 15 is 0 Å². The van der Waals surface area contributed by atoms with E-state index in [1.54, 1.807) is 19.3 Å². The van der Waals surface area contributed by atoms with Crippen LogP contribution >= 0.6 is 0 Å². The number of likely N-dealkylation sites (N-methyl/N-ethyl adjacent to an activating group) is 1. The van der Waals surface area contributed by atoms with Crippen molar-refractivity contribution in [1.29, 1.82) is 5.26 Å². The molecule has 1 aliphatic rings. The van der Waals surface area contributed by atoms with E-state index in [0.29, 0.717) is 35.5 Å². The van der Waals surface area contributed by atoms with Crippen LogP contribution in [0.15, 0.2) is 48.7 Å². The van der Waals surface area contributed by atoms with E-state index in [4.69, 9.17) is 19.4 Å². The Hall–Kier alpha value is -3.58. The zero-order chi connectivity index (χ0) is 24.6. The highest BCUT2D eigenvalue weighted by Gasteiger charge is 2.21. The third-order valence-corrected chi connectivity index (χ3v) is 5.96. The molecule has 4 rings (SSSR count). The van der Waals surface area contributed by atoms with Crippen LogP contribution in [-0.2, 0) is 4.74 Å². The van der Waals surface area contributed by atoms with E-state index in [-0.39, 0.29) is 6.61 Å². The minimum absolute atomic E-state index is 0.177. The van der Waals surface area contributed by atoms with Crippen LogP contribution in [0, 0.1) is 11.3 Å². The Morgan fingerprint density at radius 2 is 2.03 bits per heavy atom. The molecule has 1 saturated heterocycles. The van der Waals surface area contributed by atoms with E-state index in [9.17, 15) is 10.4 Å². The van der Waals surface area contributed by atoms with Gasteiger partial charge in [-0.05, 0) is 44.2 Å². The van der Waals surface area contributed by atoms with Gasteiger partial charge in [0.1, 0.15) is 36.0 Å². The van der Waals surface area contributed by atoms with E-state index in [1.807, 2.05) is 43.4 Å². The molecule has 0 radical (unpaired) electrons. The van der Waals surface area contributed by atoms with Gasteiger partial charge in [0.2, 0.25) is 0 Å². The number of hydrogen-bond acceptors (Lipinski definition) is 9. The van der Waals surface area contributed by atoms with Gasteiger partial charge in [0.05, 0.1) is 5.69 Å². The van der Waals surface area contributed by atoms with Gasteiger partial charge in [-0.15, -0.1) is 0 Å². The summed E-state index contributed by atoms with van der Waals surface area (Å²) in [5, 5.41) is 22.2. The van der Waals surface area contributed by atoms with Crippen LogP contribution in [0.2, 0.25) is 0 Å². The van der Waals surface area contributed by atoms with Crippen LogP contribution in [0.1, 0.15) is 18.5 Å². The number of nitrogens with one attached hydrogen (secondary N) is 1. The van der Waals surface area contributed by atoms with E-state index < -0.39 is 6.10 Å². The van der Waals surface area contributed by atoms with Crippen LogP contribution in [-0.4, -0.2) is 72.7 Å². The summed E-state index contributed by atoms with van der Waals surface area (Å²) in [6.07, 6.45) is 2.86. The molecule has 1 fully saturated rings. The van der Waals surface area contributed by atoms with Crippen molar-refractivity contribution in [1.82, 2.24) is 20.3 Å². The lowest BCUT2D eigenvalue weighted by molar-refractivity contribution is 0.0853. The second kappa shape index (κ2) is 11.7. The number of anilines is 1. The highest BCUT2D eigenvalue weighted by molar-refractivity contribution is 5.69. The van der Waals surface area contributed by atoms with Crippen molar-refractivity contribution in [2.75, 3.05) is 45.4 Å². The largest absolute Gasteiger partial charge is 0.491 e. The van der Waals surface area contributed by atoms with Crippen LogP contribution in [0.4, 0.5) is 5.82 Å². The zero-order valence-electron chi connectivity index (χ0n) is 20.0. The highest BCUT2D eigenvalue weighted by atomic mass is 16.5. The Morgan fingerprint density at radius 1 is 1.20 bits per heavy atom. The minimum Gasteiger partial charge on any atom is -0.491 e. The number of aliphatic hydroxyl groups excluding tert-OH is 1. The zero-order valence-corrected chi connectivity index (χ0v) is 20.0. The normalized spacial score (nSPS) is 14.8. The number of pyridine rings is 1. The highest BCUT2D eigenvalue weighted by Crippen LogP contribution is 2.29. The summed E-state index contributed by atoms with van der Waals surface area (Å²) in [4.78, 5) is 16.0. The molecule has 1 atom stereocenters. The van der Waals surface area contributed by atoms with Gasteiger partial charge in [-0.25, -0.2) is 15.0 Å². The van der Waals surface area contributed by atoms with Crippen molar-refractivity contribution in [2.45, 2.75) is 25.0 Å². The molecule has 2 aromatic heterocycles. The van der Waals surface area contributed by atoms with E-state index in [1.165, 1.54) is 0 Å². The molecule has 0 bridgehead atoms. The quantitative estimate of drug-likeness (QED) is 0.483. The molecule has 1 aromatic carbocycles. The number of nitrogens with zero attached hydrogens (tertiary/aromatic N) is 5. The molecular formula is C26H30N6O3. The summed E-state index contributed by atoms with van der Waals surface area (Å²) in [7, 11) is 3.83. The van der Waals surface area contributed by atoms with Crippen molar-refractivity contribution in [2.24, 2.45) is 0 Å². The van der Waals surface area contributed by atoms with Crippen molar-refractivity contribution in [3.8, 4) is 34.5 Å². The lowest BCUT2D eigenvalue weighted by Crippen LogP contribution is -2.37. The maximum absolute atomic E-state index is 9.97. The summed E-state index contributed by atoms with van der Waals surface area (Å²) in [6, 6.07) is 15.5. The molecule has 1 aliphatic heterocycles. The van der Waals surface area contributed by atoms with Gasteiger partial charge in [0.15, 0.2) is 5.82 Å². The second-order valence-corrected chi connectivity index (χ2v) is 8.48. The molecule has 35 heavy (non-hydrogen) atoms. The number of nitriles is 1. The second-order valence-electron chi connectivity index (χ2n) is 8.48. The van der Waals surface area contributed by atoms with E-state index in [0.717, 1.165) is 43.0 Å². The minimum atomic E-state index is -0.607. The first kappa shape index (κ1) is 24.5. The van der Waals surface area contributed by atoms with Gasteiger partial charge < -0.3 is 24.8 Å². The first-order valence-corrected chi connectivity index (χ1v) is 11.7. The molecule has 0 saturated carbocycles. The van der Waals surface area contributed by atoms with Gasteiger partial charge in [-0.3, -0.25) is 0 Å². The maximum atomic E-state index is 9.97. The monoisotopic (exact) mass is 474 g/mol. The van der Waals surface area contributed by atoms with Crippen molar-refractivity contribution < 1.29 is 14.6 Å². The fraction of sp³-hybridized carbons (Fsp3) is 0.385. The van der Waals surface area contributed by atoms with Crippen LogP contribution in [0.3, 0.4) is 0 Å². The molecule has 1 unspecified atom stereocenters. The van der Waals surface area contributed by atoms with Gasteiger partial charge in [0, 0.05) is 56.2 Å². The Labute approximate surface area is 205 Å². The summed E-state index contributed by atoms with van der Waals surface area (Å²) in [5.41, 5.74) is 2.63. The molecule has 0 spiro atoms. The van der Waals surface area contributed by atoms with Crippen molar-refractivity contribution in [3.63, 3.8) is 0 Å². The van der Waals surface area contributed by atoms with Crippen LogP contribution in [0.25, 0.3) is 22.6 Å². The van der Waals surface area contributed by atoms with Gasteiger partial charge >= 0.3 is 0 Å². The molecule has 0 amide bonds. The average Bonchev–Trinajstić information content (AvgIpc) is 2.92.